The van der Waals surface area contributed by atoms with Gasteiger partial charge in [0.15, 0.2) is 0 Å². The first-order valence-corrected chi connectivity index (χ1v) is 8.29. The molecule has 2 heteroatoms. The van der Waals surface area contributed by atoms with Gasteiger partial charge in [-0.1, -0.05) is 31.0 Å². The lowest BCUT2D eigenvalue weighted by atomic mass is 9.82. The van der Waals surface area contributed by atoms with Gasteiger partial charge < -0.3 is 10.1 Å². The zero-order valence-corrected chi connectivity index (χ0v) is 12.6. The van der Waals surface area contributed by atoms with Gasteiger partial charge in [0.25, 0.3) is 0 Å². The summed E-state index contributed by atoms with van der Waals surface area (Å²) < 4.78 is 5.58. The van der Waals surface area contributed by atoms with E-state index in [9.17, 15) is 0 Å². The Morgan fingerprint density at radius 3 is 2.75 bits per heavy atom. The van der Waals surface area contributed by atoms with Gasteiger partial charge in [-0.25, -0.2) is 0 Å². The summed E-state index contributed by atoms with van der Waals surface area (Å²) in [7, 11) is 0. The zero-order valence-electron chi connectivity index (χ0n) is 12.6. The Labute approximate surface area is 122 Å². The molecule has 0 saturated heterocycles. The van der Waals surface area contributed by atoms with Gasteiger partial charge in [-0.05, 0) is 50.5 Å². The highest BCUT2D eigenvalue weighted by atomic mass is 16.5. The molecule has 1 aromatic carbocycles. The van der Waals surface area contributed by atoms with E-state index >= 15 is 0 Å². The number of rotatable bonds is 6. The average Bonchev–Trinajstić information content (AvgIpc) is 3.31. The van der Waals surface area contributed by atoms with E-state index in [-0.39, 0.29) is 0 Å². The minimum Gasteiger partial charge on any atom is -0.382 e. The third-order valence-corrected chi connectivity index (χ3v) is 4.84. The molecule has 2 unspecified atom stereocenters. The number of benzene rings is 1. The smallest absolute Gasteiger partial charge is 0.0736 e. The maximum absolute atomic E-state index is 5.58. The Morgan fingerprint density at radius 2 is 1.95 bits per heavy atom. The standard InChI is InChI=1S/C18H27NO/c1-2-20-13-16-6-3-4-9-18(16)19-17-8-5-7-15(12-17)14-10-11-14/h3-4,6,9,14-15,17,19H,2,5,7-8,10-13H2,1H3. The molecule has 110 valence electrons. The largest absolute Gasteiger partial charge is 0.382 e. The highest BCUT2D eigenvalue weighted by Gasteiger charge is 2.34. The molecule has 0 aromatic heterocycles. The first-order valence-electron chi connectivity index (χ1n) is 8.29. The molecule has 0 amide bonds. The summed E-state index contributed by atoms with van der Waals surface area (Å²) in [5.74, 6) is 2.04. The summed E-state index contributed by atoms with van der Waals surface area (Å²) >= 11 is 0. The van der Waals surface area contributed by atoms with Gasteiger partial charge in [-0.2, -0.15) is 0 Å². The van der Waals surface area contributed by atoms with E-state index in [1.54, 1.807) is 0 Å². The van der Waals surface area contributed by atoms with Crippen LogP contribution in [0.3, 0.4) is 0 Å². The van der Waals surface area contributed by atoms with Gasteiger partial charge in [-0.15, -0.1) is 0 Å². The minimum absolute atomic E-state index is 0.664. The van der Waals surface area contributed by atoms with E-state index in [4.69, 9.17) is 4.74 Å². The van der Waals surface area contributed by atoms with E-state index in [1.807, 2.05) is 0 Å². The van der Waals surface area contributed by atoms with Crippen molar-refractivity contribution in [2.75, 3.05) is 11.9 Å². The summed E-state index contributed by atoms with van der Waals surface area (Å²) in [6.07, 6.45) is 8.52. The molecular formula is C18H27NO. The fraction of sp³-hybridized carbons (Fsp3) is 0.667. The lowest BCUT2D eigenvalue weighted by Gasteiger charge is -2.31. The summed E-state index contributed by atoms with van der Waals surface area (Å²) in [6, 6.07) is 9.28. The molecule has 0 spiro atoms. The number of hydrogen-bond donors (Lipinski definition) is 1. The Hall–Kier alpha value is -1.02. The van der Waals surface area contributed by atoms with Crippen molar-refractivity contribution in [3.05, 3.63) is 29.8 Å². The molecule has 2 saturated carbocycles. The van der Waals surface area contributed by atoms with E-state index in [1.165, 1.54) is 49.8 Å². The van der Waals surface area contributed by atoms with Crippen molar-refractivity contribution >= 4 is 5.69 Å². The normalized spacial score (nSPS) is 26.4. The molecule has 0 heterocycles. The van der Waals surface area contributed by atoms with Crippen molar-refractivity contribution < 1.29 is 4.74 Å². The van der Waals surface area contributed by atoms with Gasteiger partial charge >= 0.3 is 0 Å². The first-order chi connectivity index (χ1) is 9.86. The van der Waals surface area contributed by atoms with Gasteiger partial charge in [0.05, 0.1) is 6.61 Å². The third-order valence-electron chi connectivity index (χ3n) is 4.84. The van der Waals surface area contributed by atoms with E-state index in [2.05, 4.69) is 36.5 Å². The van der Waals surface area contributed by atoms with Crippen molar-refractivity contribution in [2.45, 2.75) is 58.1 Å². The summed E-state index contributed by atoms with van der Waals surface area (Å²) in [5, 5.41) is 3.79. The quantitative estimate of drug-likeness (QED) is 0.817. The summed E-state index contributed by atoms with van der Waals surface area (Å²) in [6.45, 7) is 3.55. The van der Waals surface area contributed by atoms with Crippen LogP contribution >= 0.6 is 0 Å². The SMILES string of the molecule is CCOCc1ccccc1NC1CCCC(C2CC2)C1. The monoisotopic (exact) mass is 273 g/mol. The molecule has 0 aliphatic heterocycles. The Morgan fingerprint density at radius 1 is 1.10 bits per heavy atom. The van der Waals surface area contributed by atoms with Crippen LogP contribution in [0.25, 0.3) is 0 Å². The van der Waals surface area contributed by atoms with Crippen LogP contribution in [0.15, 0.2) is 24.3 Å². The lowest BCUT2D eigenvalue weighted by Crippen LogP contribution is -2.28. The van der Waals surface area contributed by atoms with Gasteiger partial charge in [0.1, 0.15) is 0 Å². The second kappa shape index (κ2) is 6.62. The molecular weight excluding hydrogens is 246 g/mol. The number of nitrogens with one attached hydrogen (secondary N) is 1. The Kier molecular flexibility index (Phi) is 4.62. The highest BCUT2D eigenvalue weighted by Crippen LogP contribution is 2.44. The van der Waals surface area contributed by atoms with Gasteiger partial charge in [-0.3, -0.25) is 0 Å². The maximum Gasteiger partial charge on any atom is 0.0736 e. The van der Waals surface area contributed by atoms with Crippen LogP contribution in [0.4, 0.5) is 5.69 Å². The fourth-order valence-corrected chi connectivity index (χ4v) is 3.57. The Bertz CT molecular complexity index is 427. The average molecular weight is 273 g/mol. The van der Waals surface area contributed by atoms with Gasteiger partial charge in [0, 0.05) is 23.9 Å². The molecule has 1 N–H and O–H groups in total. The molecule has 2 aliphatic rings. The fourth-order valence-electron chi connectivity index (χ4n) is 3.57. The number of ether oxygens (including phenoxy) is 1. The molecule has 0 radical (unpaired) electrons. The Balaban J connectivity index is 1.61. The predicted molar refractivity (Wildman–Crippen MR) is 83.9 cm³/mol. The van der Waals surface area contributed by atoms with Crippen LogP contribution < -0.4 is 5.32 Å². The lowest BCUT2D eigenvalue weighted by molar-refractivity contribution is 0.134. The van der Waals surface area contributed by atoms with Crippen molar-refractivity contribution in [1.29, 1.82) is 0 Å². The molecule has 2 atom stereocenters. The highest BCUT2D eigenvalue weighted by molar-refractivity contribution is 5.51. The molecule has 20 heavy (non-hydrogen) atoms. The topological polar surface area (TPSA) is 21.3 Å². The predicted octanol–water partition coefficient (Wildman–Crippen LogP) is 4.60. The molecule has 1 aromatic rings. The molecule has 3 rings (SSSR count). The van der Waals surface area contributed by atoms with Crippen molar-refractivity contribution in [1.82, 2.24) is 0 Å². The van der Waals surface area contributed by atoms with Gasteiger partial charge in [0.2, 0.25) is 0 Å². The van der Waals surface area contributed by atoms with E-state index in [0.29, 0.717) is 6.04 Å². The second-order valence-corrected chi connectivity index (χ2v) is 6.40. The second-order valence-electron chi connectivity index (χ2n) is 6.40. The molecule has 0 bridgehead atoms. The van der Waals surface area contributed by atoms with Crippen LogP contribution in [0.2, 0.25) is 0 Å². The molecule has 2 nitrogen and oxygen atoms in total. The number of hydrogen-bond acceptors (Lipinski definition) is 2. The molecule has 2 aliphatic carbocycles. The maximum atomic E-state index is 5.58. The van der Waals surface area contributed by atoms with E-state index in [0.717, 1.165) is 25.0 Å². The molecule has 2 fully saturated rings. The van der Waals surface area contributed by atoms with Crippen LogP contribution in [-0.4, -0.2) is 12.6 Å². The van der Waals surface area contributed by atoms with Crippen molar-refractivity contribution in [3.63, 3.8) is 0 Å². The van der Waals surface area contributed by atoms with Crippen molar-refractivity contribution in [2.24, 2.45) is 11.8 Å². The zero-order chi connectivity index (χ0) is 13.8. The van der Waals surface area contributed by atoms with E-state index < -0.39 is 0 Å². The van der Waals surface area contributed by atoms with Crippen LogP contribution in [0, 0.1) is 11.8 Å². The third kappa shape index (κ3) is 3.54. The van der Waals surface area contributed by atoms with Crippen LogP contribution in [-0.2, 0) is 11.3 Å². The minimum atomic E-state index is 0.664. The van der Waals surface area contributed by atoms with Crippen LogP contribution in [0.1, 0.15) is 51.0 Å². The number of para-hydroxylation sites is 1. The first kappa shape index (κ1) is 13.9. The van der Waals surface area contributed by atoms with Crippen LogP contribution in [0.5, 0.6) is 0 Å². The summed E-state index contributed by atoms with van der Waals surface area (Å²) in [4.78, 5) is 0. The van der Waals surface area contributed by atoms with Crippen molar-refractivity contribution in [3.8, 4) is 0 Å². The summed E-state index contributed by atoms with van der Waals surface area (Å²) in [5.41, 5.74) is 2.57. The number of anilines is 1.